The molecule has 42 heavy (non-hydrogen) atoms. The van der Waals surface area contributed by atoms with Crippen LogP contribution in [0.25, 0.3) is 0 Å². The average Bonchev–Trinajstić information content (AvgIpc) is 3.17. The summed E-state index contributed by atoms with van der Waals surface area (Å²) in [5.41, 5.74) is 6.32. The molecule has 0 saturated heterocycles. The first-order valence-corrected chi connectivity index (χ1v) is 14.6. The first-order chi connectivity index (χ1) is 20.5. The fourth-order valence-electron chi connectivity index (χ4n) is 6.28. The number of Topliss-reactive ketones (excluding diaryl/α,β-unsaturated/α-hetero) is 1. The van der Waals surface area contributed by atoms with Crippen LogP contribution in [0.5, 0.6) is 0 Å². The topological polar surface area (TPSA) is 52.7 Å². The van der Waals surface area contributed by atoms with Crippen LogP contribution < -0.4 is 15.1 Å². The second kappa shape index (κ2) is 11.6. The number of carbonyl (C=O) groups is 2. The van der Waals surface area contributed by atoms with Gasteiger partial charge in [-0.05, 0) is 85.8 Å². The van der Waals surface area contributed by atoms with Crippen molar-refractivity contribution in [2.75, 3.05) is 28.2 Å². The molecule has 2 aliphatic rings. The Morgan fingerprint density at radius 1 is 0.833 bits per heavy atom. The molecule has 212 valence electrons. The average molecular weight is 560 g/mol. The number of para-hydroxylation sites is 2. The number of rotatable bonds is 6. The number of ketones is 1. The Labute approximate surface area is 246 Å². The number of anilines is 3. The monoisotopic (exact) mass is 559 g/mol. The molecule has 5 nitrogen and oxygen atoms in total. The highest BCUT2D eigenvalue weighted by atomic mass is 19.1. The normalized spacial score (nSPS) is 18.1. The van der Waals surface area contributed by atoms with Crippen molar-refractivity contribution in [2.45, 2.75) is 38.6 Å². The second-order valence-electron chi connectivity index (χ2n) is 10.8. The molecule has 0 radical (unpaired) electrons. The number of nitrogens with one attached hydrogen (secondary N) is 1. The summed E-state index contributed by atoms with van der Waals surface area (Å²) in [5, 5.41) is 3.57. The zero-order valence-corrected chi connectivity index (χ0v) is 23.9. The van der Waals surface area contributed by atoms with Crippen LogP contribution in [-0.4, -0.2) is 24.8 Å². The van der Waals surface area contributed by atoms with Gasteiger partial charge in [-0.25, -0.2) is 4.39 Å². The van der Waals surface area contributed by atoms with E-state index in [1.165, 1.54) is 12.1 Å². The van der Waals surface area contributed by atoms with E-state index in [1.54, 1.807) is 17.0 Å². The molecule has 4 aromatic carbocycles. The van der Waals surface area contributed by atoms with Crippen molar-refractivity contribution in [2.24, 2.45) is 0 Å². The van der Waals surface area contributed by atoms with E-state index in [1.807, 2.05) is 66.7 Å². The maximum atomic E-state index is 14.4. The molecule has 6 rings (SSSR count). The zero-order valence-electron chi connectivity index (χ0n) is 23.9. The highest BCUT2D eigenvalue weighted by Crippen LogP contribution is 2.48. The van der Waals surface area contributed by atoms with E-state index in [9.17, 15) is 14.0 Å². The van der Waals surface area contributed by atoms with Crippen molar-refractivity contribution in [3.05, 3.63) is 137 Å². The molecule has 1 heterocycles. The number of fused-ring (bicyclic) bond motifs is 1. The Morgan fingerprint density at radius 2 is 1.48 bits per heavy atom. The molecule has 0 fully saturated rings. The van der Waals surface area contributed by atoms with Crippen molar-refractivity contribution in [1.29, 1.82) is 0 Å². The second-order valence-corrected chi connectivity index (χ2v) is 10.8. The van der Waals surface area contributed by atoms with E-state index in [0.717, 1.165) is 41.3 Å². The molecular formula is C36H34FN3O2. The van der Waals surface area contributed by atoms with E-state index in [4.69, 9.17) is 0 Å². The van der Waals surface area contributed by atoms with Gasteiger partial charge in [-0.3, -0.25) is 14.5 Å². The van der Waals surface area contributed by atoms with E-state index in [2.05, 4.69) is 36.2 Å². The summed E-state index contributed by atoms with van der Waals surface area (Å²) in [6, 6.07) is 31.0. The Bertz CT molecular complexity index is 1630. The van der Waals surface area contributed by atoms with Crippen molar-refractivity contribution in [1.82, 2.24) is 0 Å². The maximum absolute atomic E-state index is 14.4. The first-order valence-electron chi connectivity index (χ1n) is 14.6. The van der Waals surface area contributed by atoms with Crippen LogP contribution >= 0.6 is 0 Å². The van der Waals surface area contributed by atoms with Gasteiger partial charge in [0.05, 0.1) is 17.4 Å². The molecule has 0 bridgehead atoms. The fourth-order valence-corrected chi connectivity index (χ4v) is 6.28. The highest BCUT2D eigenvalue weighted by molar-refractivity contribution is 6.12. The van der Waals surface area contributed by atoms with Crippen LogP contribution in [0.2, 0.25) is 0 Å². The van der Waals surface area contributed by atoms with Crippen LogP contribution in [0.1, 0.15) is 60.1 Å². The van der Waals surface area contributed by atoms with Gasteiger partial charge in [0.1, 0.15) is 5.82 Å². The predicted octanol–water partition coefficient (Wildman–Crippen LogP) is 7.89. The van der Waals surface area contributed by atoms with Gasteiger partial charge in [-0.2, -0.15) is 0 Å². The molecule has 0 saturated carbocycles. The molecule has 0 aromatic heterocycles. The molecule has 1 aliphatic heterocycles. The van der Waals surface area contributed by atoms with Crippen LogP contribution in [-0.2, 0) is 4.79 Å². The summed E-state index contributed by atoms with van der Waals surface area (Å²) in [5.74, 6) is -0.594. The SMILES string of the molecule is CCN(CC)c1ccc([C@@H]2C3=C(C[C@H](c4ccc(F)cc4)CC3=O)Nc3ccccc3N2C(=O)c2ccccc2)cc1. The lowest BCUT2D eigenvalue weighted by molar-refractivity contribution is -0.116. The van der Waals surface area contributed by atoms with Gasteiger partial charge in [-0.1, -0.05) is 54.6 Å². The minimum absolute atomic E-state index is 0.0189. The Morgan fingerprint density at radius 3 is 2.17 bits per heavy atom. The summed E-state index contributed by atoms with van der Waals surface area (Å²) < 4.78 is 13.7. The van der Waals surface area contributed by atoms with Gasteiger partial charge >= 0.3 is 0 Å². The lowest BCUT2D eigenvalue weighted by Gasteiger charge is -2.35. The standard InChI is InChI=1S/C36H34FN3O2/c1-3-39(4-2)29-20-16-25(17-21-29)35-34-31(22-27(23-33(34)41)24-14-18-28(37)19-15-24)38-30-12-8-9-13-32(30)40(35)36(42)26-10-6-5-7-11-26/h5-21,27,35,38H,3-4,22-23H2,1-2H3/t27-,35+/m0/s1. The van der Waals surface area contributed by atoms with E-state index in [-0.39, 0.29) is 29.8 Å². The van der Waals surface area contributed by atoms with Gasteiger partial charge < -0.3 is 10.2 Å². The number of benzene rings is 4. The lowest BCUT2D eigenvalue weighted by Crippen LogP contribution is -2.38. The van der Waals surface area contributed by atoms with E-state index >= 15 is 0 Å². The lowest BCUT2D eigenvalue weighted by atomic mass is 9.78. The third kappa shape index (κ3) is 5.09. The largest absolute Gasteiger partial charge is 0.372 e. The van der Waals surface area contributed by atoms with Crippen molar-refractivity contribution in [3.63, 3.8) is 0 Å². The van der Waals surface area contributed by atoms with Crippen LogP contribution in [0, 0.1) is 5.82 Å². The minimum Gasteiger partial charge on any atom is -0.372 e. The molecule has 1 amide bonds. The third-order valence-electron chi connectivity index (χ3n) is 8.41. The van der Waals surface area contributed by atoms with Crippen molar-refractivity contribution in [3.8, 4) is 0 Å². The molecule has 1 aliphatic carbocycles. The number of hydrogen-bond acceptors (Lipinski definition) is 4. The summed E-state index contributed by atoms with van der Waals surface area (Å²) >= 11 is 0. The molecular weight excluding hydrogens is 525 g/mol. The van der Waals surface area contributed by atoms with Crippen molar-refractivity contribution >= 4 is 28.8 Å². The number of allylic oxidation sites excluding steroid dienone is 1. The molecule has 2 atom stereocenters. The highest BCUT2D eigenvalue weighted by Gasteiger charge is 2.41. The summed E-state index contributed by atoms with van der Waals surface area (Å²) in [6.45, 7) is 6.02. The number of hydrogen-bond donors (Lipinski definition) is 1. The number of halogens is 1. The molecule has 1 N–H and O–H groups in total. The summed E-state index contributed by atoms with van der Waals surface area (Å²) in [6.07, 6.45) is 0.853. The van der Waals surface area contributed by atoms with Gasteiger partial charge in [0.25, 0.3) is 5.91 Å². The van der Waals surface area contributed by atoms with Crippen molar-refractivity contribution < 1.29 is 14.0 Å². The van der Waals surface area contributed by atoms with Gasteiger partial charge in [0, 0.05) is 42.0 Å². The van der Waals surface area contributed by atoms with Crippen LogP contribution in [0.4, 0.5) is 21.5 Å². The van der Waals surface area contributed by atoms with Crippen LogP contribution in [0.3, 0.4) is 0 Å². The van der Waals surface area contributed by atoms with Gasteiger partial charge in [0.2, 0.25) is 0 Å². The number of amides is 1. The van der Waals surface area contributed by atoms with Crippen LogP contribution in [0.15, 0.2) is 114 Å². The predicted molar refractivity (Wildman–Crippen MR) is 166 cm³/mol. The number of carbonyl (C=O) groups excluding carboxylic acids is 2. The molecule has 6 heteroatoms. The fraction of sp³-hybridized carbons (Fsp3) is 0.222. The summed E-state index contributed by atoms with van der Waals surface area (Å²) in [4.78, 5) is 32.7. The minimum atomic E-state index is -0.628. The molecule has 4 aromatic rings. The Balaban J connectivity index is 1.53. The number of nitrogens with zero attached hydrogens (tertiary/aromatic N) is 2. The van der Waals surface area contributed by atoms with E-state index in [0.29, 0.717) is 23.2 Å². The molecule has 0 unspecified atom stereocenters. The van der Waals surface area contributed by atoms with Gasteiger partial charge in [0.15, 0.2) is 5.78 Å². The van der Waals surface area contributed by atoms with Gasteiger partial charge in [-0.15, -0.1) is 0 Å². The molecule has 0 spiro atoms. The maximum Gasteiger partial charge on any atom is 0.259 e. The smallest absolute Gasteiger partial charge is 0.259 e. The quantitative estimate of drug-likeness (QED) is 0.261. The Kier molecular flexibility index (Phi) is 7.62. The zero-order chi connectivity index (χ0) is 29.2. The summed E-state index contributed by atoms with van der Waals surface area (Å²) in [7, 11) is 0. The third-order valence-corrected chi connectivity index (χ3v) is 8.41. The Hall–Kier alpha value is -4.71. The first kappa shape index (κ1) is 27.5. The van der Waals surface area contributed by atoms with E-state index < -0.39 is 6.04 Å².